The Hall–Kier alpha value is -0.510. The first-order chi connectivity index (χ1) is 8.56. The number of likely N-dealkylation sites (tertiary alicyclic amines) is 1. The van der Waals surface area contributed by atoms with Crippen molar-refractivity contribution in [2.75, 3.05) is 11.9 Å². The number of piperidine rings is 1. The molecule has 1 aliphatic rings. The summed E-state index contributed by atoms with van der Waals surface area (Å²) in [6.45, 7) is 3.22. The summed E-state index contributed by atoms with van der Waals surface area (Å²) in [5, 5.41) is 5.18. The molecule has 2 nitrogen and oxygen atoms in total. The Morgan fingerprint density at radius 3 is 2.56 bits per heavy atom. The van der Waals surface area contributed by atoms with Crippen LogP contribution in [-0.2, 0) is 0 Å². The number of rotatable bonds is 1. The van der Waals surface area contributed by atoms with Gasteiger partial charge in [-0.25, -0.2) is 0 Å². The second-order valence-electron chi connectivity index (χ2n) is 4.63. The van der Waals surface area contributed by atoms with Crippen molar-refractivity contribution in [1.82, 2.24) is 4.90 Å². The maximum absolute atomic E-state index is 5.97. The molecule has 0 radical (unpaired) electrons. The fourth-order valence-electron chi connectivity index (χ4n) is 2.22. The molecule has 1 N–H and O–H groups in total. The van der Waals surface area contributed by atoms with Crippen molar-refractivity contribution in [3.8, 4) is 0 Å². The molecule has 1 fully saturated rings. The molecule has 0 bridgehead atoms. The number of anilines is 1. The lowest BCUT2D eigenvalue weighted by atomic mass is 10.0. The van der Waals surface area contributed by atoms with Crippen LogP contribution < -0.4 is 5.32 Å². The Morgan fingerprint density at radius 1 is 1.28 bits per heavy atom. The lowest BCUT2D eigenvalue weighted by Crippen LogP contribution is -2.44. The van der Waals surface area contributed by atoms with Crippen molar-refractivity contribution in [3.05, 3.63) is 28.2 Å². The largest absolute Gasteiger partial charge is 0.346 e. The maximum Gasteiger partial charge on any atom is 0.173 e. The Labute approximate surface area is 123 Å². The van der Waals surface area contributed by atoms with E-state index in [1.807, 2.05) is 12.1 Å². The van der Waals surface area contributed by atoms with Crippen molar-refractivity contribution in [1.29, 1.82) is 0 Å². The van der Waals surface area contributed by atoms with Crippen LogP contribution in [0.5, 0.6) is 0 Å². The normalized spacial score (nSPS) is 19.7. The molecule has 0 saturated carbocycles. The molecule has 1 saturated heterocycles. The zero-order valence-corrected chi connectivity index (χ0v) is 12.6. The van der Waals surface area contributed by atoms with Crippen molar-refractivity contribution < 1.29 is 0 Å². The fourth-order valence-corrected chi connectivity index (χ4v) is 3.14. The number of benzene rings is 1. The van der Waals surface area contributed by atoms with Gasteiger partial charge in [-0.3, -0.25) is 0 Å². The monoisotopic (exact) mass is 302 g/mol. The SMILES string of the molecule is C[C@@H]1CCCCN1C(=S)Nc1cc(Cl)cc(Cl)c1. The number of nitrogens with zero attached hydrogens (tertiary/aromatic N) is 1. The van der Waals surface area contributed by atoms with Crippen LogP contribution >= 0.6 is 35.4 Å². The van der Waals surface area contributed by atoms with Gasteiger partial charge >= 0.3 is 0 Å². The molecule has 0 aromatic heterocycles. The molecule has 0 aliphatic carbocycles. The van der Waals surface area contributed by atoms with Crippen molar-refractivity contribution in [2.24, 2.45) is 0 Å². The molecular formula is C13H16Cl2N2S. The van der Waals surface area contributed by atoms with Crippen LogP contribution in [0, 0.1) is 0 Å². The van der Waals surface area contributed by atoms with E-state index in [2.05, 4.69) is 17.1 Å². The molecule has 1 atom stereocenters. The standard InChI is InChI=1S/C13H16Cl2N2S/c1-9-4-2-3-5-17(9)13(18)16-12-7-10(14)6-11(15)8-12/h6-9H,2-5H2,1H3,(H,16,18)/t9-/m1/s1. The van der Waals surface area contributed by atoms with E-state index >= 15 is 0 Å². The lowest BCUT2D eigenvalue weighted by molar-refractivity contribution is 0.262. The van der Waals surface area contributed by atoms with E-state index in [4.69, 9.17) is 35.4 Å². The first-order valence-corrected chi connectivity index (χ1v) is 7.26. The summed E-state index contributed by atoms with van der Waals surface area (Å²) in [5.74, 6) is 0. The summed E-state index contributed by atoms with van der Waals surface area (Å²) in [6.07, 6.45) is 3.67. The van der Waals surface area contributed by atoms with Crippen LogP contribution in [0.2, 0.25) is 10.0 Å². The first kappa shape index (κ1) is 13.9. The number of nitrogens with one attached hydrogen (secondary N) is 1. The molecular weight excluding hydrogens is 287 g/mol. The average molecular weight is 303 g/mol. The van der Waals surface area contributed by atoms with Crippen LogP contribution in [0.25, 0.3) is 0 Å². The van der Waals surface area contributed by atoms with Crippen LogP contribution in [0.1, 0.15) is 26.2 Å². The summed E-state index contributed by atoms with van der Waals surface area (Å²) in [7, 11) is 0. The van der Waals surface area contributed by atoms with E-state index in [1.165, 1.54) is 19.3 Å². The highest BCUT2D eigenvalue weighted by molar-refractivity contribution is 7.80. The van der Waals surface area contributed by atoms with Gasteiger partial charge in [-0.2, -0.15) is 0 Å². The second kappa shape index (κ2) is 6.09. The van der Waals surface area contributed by atoms with E-state index in [9.17, 15) is 0 Å². The zero-order valence-electron chi connectivity index (χ0n) is 10.2. The third-order valence-corrected chi connectivity index (χ3v) is 3.95. The van der Waals surface area contributed by atoms with Crippen LogP contribution in [-0.4, -0.2) is 22.6 Å². The van der Waals surface area contributed by atoms with Gasteiger partial charge in [-0.15, -0.1) is 0 Å². The molecule has 5 heteroatoms. The van der Waals surface area contributed by atoms with Gasteiger partial charge in [0.2, 0.25) is 0 Å². The Kier molecular flexibility index (Phi) is 4.71. The molecule has 2 rings (SSSR count). The highest BCUT2D eigenvalue weighted by Crippen LogP contribution is 2.24. The Balaban J connectivity index is 2.06. The van der Waals surface area contributed by atoms with Crippen LogP contribution in [0.3, 0.4) is 0 Å². The van der Waals surface area contributed by atoms with Crippen molar-refractivity contribution in [2.45, 2.75) is 32.2 Å². The Morgan fingerprint density at radius 2 is 1.94 bits per heavy atom. The molecule has 0 amide bonds. The molecule has 1 aromatic rings. The minimum atomic E-state index is 0.494. The second-order valence-corrected chi connectivity index (χ2v) is 5.89. The molecule has 0 unspecified atom stereocenters. The highest BCUT2D eigenvalue weighted by Gasteiger charge is 2.20. The van der Waals surface area contributed by atoms with Crippen LogP contribution in [0.4, 0.5) is 5.69 Å². The van der Waals surface area contributed by atoms with Gasteiger partial charge in [-0.1, -0.05) is 23.2 Å². The first-order valence-electron chi connectivity index (χ1n) is 6.10. The lowest BCUT2D eigenvalue weighted by Gasteiger charge is -2.35. The molecule has 1 aromatic carbocycles. The maximum atomic E-state index is 5.97. The van der Waals surface area contributed by atoms with Gasteiger partial charge in [0.1, 0.15) is 0 Å². The van der Waals surface area contributed by atoms with Crippen LogP contribution in [0.15, 0.2) is 18.2 Å². The quantitative estimate of drug-likeness (QED) is 0.765. The topological polar surface area (TPSA) is 15.3 Å². The van der Waals surface area contributed by atoms with Gasteiger partial charge < -0.3 is 10.2 Å². The minimum Gasteiger partial charge on any atom is -0.346 e. The van der Waals surface area contributed by atoms with E-state index in [1.54, 1.807) is 6.07 Å². The van der Waals surface area contributed by atoms with Gasteiger partial charge in [0.15, 0.2) is 5.11 Å². The zero-order chi connectivity index (χ0) is 13.1. The number of hydrogen-bond acceptors (Lipinski definition) is 1. The van der Waals surface area contributed by atoms with E-state index < -0.39 is 0 Å². The van der Waals surface area contributed by atoms with Gasteiger partial charge in [0, 0.05) is 28.3 Å². The van der Waals surface area contributed by atoms with E-state index in [0.717, 1.165) is 17.3 Å². The summed E-state index contributed by atoms with van der Waals surface area (Å²) < 4.78 is 0. The van der Waals surface area contributed by atoms with Gasteiger partial charge in [-0.05, 0) is 56.6 Å². The third kappa shape index (κ3) is 3.50. The van der Waals surface area contributed by atoms with Gasteiger partial charge in [0.25, 0.3) is 0 Å². The highest BCUT2D eigenvalue weighted by atomic mass is 35.5. The molecule has 0 spiro atoms. The molecule has 1 aliphatic heterocycles. The van der Waals surface area contributed by atoms with E-state index in [-0.39, 0.29) is 0 Å². The van der Waals surface area contributed by atoms with Crippen molar-refractivity contribution >= 4 is 46.2 Å². The molecule has 1 heterocycles. The summed E-state index contributed by atoms with van der Waals surface area (Å²) >= 11 is 17.4. The van der Waals surface area contributed by atoms with E-state index in [0.29, 0.717) is 16.1 Å². The minimum absolute atomic E-state index is 0.494. The average Bonchev–Trinajstić information content (AvgIpc) is 2.27. The predicted octanol–water partition coefficient (Wildman–Crippen LogP) is 4.56. The summed E-state index contributed by atoms with van der Waals surface area (Å²) in [4.78, 5) is 2.23. The molecule has 18 heavy (non-hydrogen) atoms. The number of halogens is 2. The molecule has 98 valence electrons. The van der Waals surface area contributed by atoms with Gasteiger partial charge in [0.05, 0.1) is 0 Å². The predicted molar refractivity (Wildman–Crippen MR) is 82.7 cm³/mol. The van der Waals surface area contributed by atoms with Crippen molar-refractivity contribution in [3.63, 3.8) is 0 Å². The number of hydrogen-bond donors (Lipinski definition) is 1. The fraction of sp³-hybridized carbons (Fsp3) is 0.462. The summed E-state index contributed by atoms with van der Waals surface area (Å²) in [6, 6.07) is 5.86. The number of thiocarbonyl (C=S) groups is 1. The summed E-state index contributed by atoms with van der Waals surface area (Å²) in [5.41, 5.74) is 0.843. The Bertz CT molecular complexity index is 430. The third-order valence-electron chi connectivity index (χ3n) is 3.18. The smallest absolute Gasteiger partial charge is 0.173 e.